The van der Waals surface area contributed by atoms with Gasteiger partial charge in [0.1, 0.15) is 17.5 Å². The molecule has 0 fully saturated rings. The van der Waals surface area contributed by atoms with Crippen molar-refractivity contribution in [2.45, 2.75) is 31.7 Å². The summed E-state index contributed by atoms with van der Waals surface area (Å²) >= 11 is 0. The highest BCUT2D eigenvalue weighted by Crippen LogP contribution is 2.17. The van der Waals surface area contributed by atoms with Crippen molar-refractivity contribution in [3.63, 3.8) is 0 Å². The van der Waals surface area contributed by atoms with Gasteiger partial charge >= 0.3 is 11.9 Å². The van der Waals surface area contributed by atoms with Crippen molar-refractivity contribution in [3.05, 3.63) is 24.3 Å². The second-order valence-electron chi connectivity index (χ2n) is 5.02. The van der Waals surface area contributed by atoms with E-state index in [1.807, 2.05) is 0 Å². The van der Waals surface area contributed by atoms with Crippen LogP contribution in [0, 0.1) is 0 Å². The number of amides is 1. The maximum atomic E-state index is 11.7. The fourth-order valence-electron chi connectivity index (χ4n) is 1.89. The molecule has 1 unspecified atom stereocenters. The first-order chi connectivity index (χ1) is 11.4. The number of hydrogen-bond acceptors (Lipinski definition) is 5. The average Bonchev–Trinajstić information content (AvgIpc) is 2.55. The number of carbonyl (C=O) groups is 3. The lowest BCUT2D eigenvalue weighted by atomic mass is 10.1. The van der Waals surface area contributed by atoms with Crippen LogP contribution in [0.1, 0.15) is 25.7 Å². The maximum Gasteiger partial charge on any atom is 0.326 e. The first kappa shape index (κ1) is 19.3. The Morgan fingerprint density at radius 2 is 1.71 bits per heavy atom. The number of ether oxygens (including phenoxy) is 2. The molecule has 1 amide bonds. The summed E-state index contributed by atoms with van der Waals surface area (Å²) in [6.45, 7) is 0.298. The number of carboxylic acids is 2. The lowest BCUT2D eigenvalue weighted by molar-refractivity contribution is -0.143. The third-order valence-electron chi connectivity index (χ3n) is 3.16. The molecule has 1 aromatic carbocycles. The Labute approximate surface area is 139 Å². The van der Waals surface area contributed by atoms with Crippen molar-refractivity contribution >= 4 is 17.8 Å². The molecule has 1 rings (SSSR count). The lowest BCUT2D eigenvalue weighted by Crippen LogP contribution is -2.41. The van der Waals surface area contributed by atoms with E-state index in [0.717, 1.165) is 0 Å². The van der Waals surface area contributed by atoms with Crippen molar-refractivity contribution < 1.29 is 34.1 Å². The molecule has 0 spiro atoms. The Hall–Kier alpha value is -2.77. The smallest absolute Gasteiger partial charge is 0.326 e. The van der Waals surface area contributed by atoms with E-state index in [4.69, 9.17) is 19.7 Å². The Balaban J connectivity index is 2.28. The van der Waals surface area contributed by atoms with Gasteiger partial charge in [-0.3, -0.25) is 9.59 Å². The van der Waals surface area contributed by atoms with Crippen LogP contribution in [0.25, 0.3) is 0 Å². The highest BCUT2D eigenvalue weighted by molar-refractivity contribution is 5.83. The van der Waals surface area contributed by atoms with Crippen LogP contribution in [0.4, 0.5) is 0 Å². The molecule has 0 bridgehead atoms. The van der Waals surface area contributed by atoms with E-state index in [1.54, 1.807) is 31.4 Å². The fraction of sp³-hybridized carbons (Fsp3) is 0.438. The van der Waals surface area contributed by atoms with Crippen LogP contribution in [-0.4, -0.2) is 47.8 Å². The molecule has 0 aliphatic carbocycles. The Kier molecular flexibility index (Phi) is 8.10. The van der Waals surface area contributed by atoms with E-state index in [9.17, 15) is 14.4 Å². The monoisotopic (exact) mass is 339 g/mol. The summed E-state index contributed by atoms with van der Waals surface area (Å²) in [6, 6.07) is 5.79. The largest absolute Gasteiger partial charge is 0.497 e. The summed E-state index contributed by atoms with van der Waals surface area (Å²) in [5.41, 5.74) is 0. The molecule has 0 aromatic heterocycles. The summed E-state index contributed by atoms with van der Waals surface area (Å²) in [5.74, 6) is -1.46. The zero-order valence-corrected chi connectivity index (χ0v) is 13.4. The molecule has 0 aliphatic rings. The first-order valence-corrected chi connectivity index (χ1v) is 7.43. The van der Waals surface area contributed by atoms with Crippen LogP contribution in [0.15, 0.2) is 24.3 Å². The predicted octanol–water partition coefficient (Wildman–Crippen LogP) is 1.29. The summed E-state index contributed by atoms with van der Waals surface area (Å²) in [4.78, 5) is 33.1. The van der Waals surface area contributed by atoms with Gasteiger partial charge in [-0.25, -0.2) is 4.79 Å². The number of rotatable bonds is 11. The SMILES string of the molecule is COc1ccc(OCCCC(=O)NC(CCC(=O)O)C(=O)O)cc1. The van der Waals surface area contributed by atoms with E-state index >= 15 is 0 Å². The minimum Gasteiger partial charge on any atom is -0.497 e. The Morgan fingerprint density at radius 3 is 2.25 bits per heavy atom. The molecule has 1 aromatic rings. The molecule has 0 saturated heterocycles. The van der Waals surface area contributed by atoms with Crippen molar-refractivity contribution in [2.24, 2.45) is 0 Å². The van der Waals surface area contributed by atoms with Crippen molar-refractivity contribution in [1.82, 2.24) is 5.32 Å². The molecule has 3 N–H and O–H groups in total. The van der Waals surface area contributed by atoms with Gasteiger partial charge in [-0.2, -0.15) is 0 Å². The minimum atomic E-state index is -1.25. The van der Waals surface area contributed by atoms with Gasteiger partial charge in [0.15, 0.2) is 0 Å². The highest BCUT2D eigenvalue weighted by atomic mass is 16.5. The number of hydrogen-bond donors (Lipinski definition) is 3. The van der Waals surface area contributed by atoms with Crippen LogP contribution in [-0.2, 0) is 14.4 Å². The van der Waals surface area contributed by atoms with Crippen LogP contribution >= 0.6 is 0 Å². The Bertz CT molecular complexity index is 556. The van der Waals surface area contributed by atoms with E-state index in [-0.39, 0.29) is 19.3 Å². The van der Waals surface area contributed by atoms with Crippen LogP contribution in [0.3, 0.4) is 0 Å². The van der Waals surface area contributed by atoms with Crippen LogP contribution < -0.4 is 14.8 Å². The van der Waals surface area contributed by atoms with Crippen molar-refractivity contribution in [3.8, 4) is 11.5 Å². The van der Waals surface area contributed by atoms with Gasteiger partial charge in [0.2, 0.25) is 5.91 Å². The van der Waals surface area contributed by atoms with Gasteiger partial charge in [0.25, 0.3) is 0 Å². The number of nitrogens with one attached hydrogen (secondary N) is 1. The number of methoxy groups -OCH3 is 1. The summed E-state index contributed by atoms with van der Waals surface area (Å²) in [6.07, 6.45) is 0.0206. The van der Waals surface area contributed by atoms with Gasteiger partial charge < -0.3 is 25.0 Å². The molecule has 0 radical (unpaired) electrons. The zero-order valence-electron chi connectivity index (χ0n) is 13.4. The molecular formula is C16H21NO7. The maximum absolute atomic E-state index is 11.7. The van der Waals surface area contributed by atoms with Gasteiger partial charge in [0.05, 0.1) is 13.7 Å². The summed E-state index contributed by atoms with van der Waals surface area (Å²) < 4.78 is 10.5. The standard InChI is InChI=1S/C16H21NO7/c1-23-11-4-6-12(7-5-11)24-10-2-3-14(18)17-13(16(21)22)8-9-15(19)20/h4-7,13H,2-3,8-10H2,1H3,(H,17,18)(H,19,20)(H,21,22). The summed E-state index contributed by atoms with van der Waals surface area (Å²) in [7, 11) is 1.56. The third-order valence-corrected chi connectivity index (χ3v) is 3.16. The molecule has 8 heteroatoms. The lowest BCUT2D eigenvalue weighted by Gasteiger charge is -2.13. The molecule has 0 aliphatic heterocycles. The first-order valence-electron chi connectivity index (χ1n) is 7.43. The number of aliphatic carboxylic acids is 2. The van der Waals surface area contributed by atoms with Crippen LogP contribution in [0.5, 0.6) is 11.5 Å². The van der Waals surface area contributed by atoms with E-state index in [0.29, 0.717) is 24.5 Å². The van der Waals surface area contributed by atoms with Crippen LogP contribution in [0.2, 0.25) is 0 Å². The van der Waals surface area contributed by atoms with E-state index in [2.05, 4.69) is 5.32 Å². The molecule has 24 heavy (non-hydrogen) atoms. The molecular weight excluding hydrogens is 318 g/mol. The normalized spacial score (nSPS) is 11.4. The molecule has 8 nitrogen and oxygen atoms in total. The zero-order chi connectivity index (χ0) is 17.9. The van der Waals surface area contributed by atoms with Gasteiger partial charge in [-0.15, -0.1) is 0 Å². The fourth-order valence-corrected chi connectivity index (χ4v) is 1.89. The highest BCUT2D eigenvalue weighted by Gasteiger charge is 2.20. The number of benzene rings is 1. The van der Waals surface area contributed by atoms with Crippen molar-refractivity contribution in [1.29, 1.82) is 0 Å². The Morgan fingerprint density at radius 1 is 1.08 bits per heavy atom. The topological polar surface area (TPSA) is 122 Å². The quantitative estimate of drug-likeness (QED) is 0.519. The summed E-state index contributed by atoms with van der Waals surface area (Å²) in [5, 5.41) is 19.8. The second kappa shape index (κ2) is 10.1. The van der Waals surface area contributed by atoms with Gasteiger partial charge in [-0.05, 0) is 37.1 Å². The number of carbonyl (C=O) groups excluding carboxylic acids is 1. The minimum absolute atomic E-state index is 0.0903. The van der Waals surface area contributed by atoms with Gasteiger partial charge in [0, 0.05) is 12.8 Å². The number of carboxylic acid groups (broad SMARTS) is 2. The third kappa shape index (κ3) is 7.48. The second-order valence-corrected chi connectivity index (χ2v) is 5.02. The van der Waals surface area contributed by atoms with Gasteiger partial charge in [-0.1, -0.05) is 0 Å². The molecule has 132 valence electrons. The molecule has 0 saturated carbocycles. The van der Waals surface area contributed by atoms with E-state index in [1.165, 1.54) is 0 Å². The van der Waals surface area contributed by atoms with Crippen molar-refractivity contribution in [2.75, 3.05) is 13.7 Å². The predicted molar refractivity (Wildman–Crippen MR) is 84.2 cm³/mol. The molecule has 0 heterocycles. The van der Waals surface area contributed by atoms with E-state index < -0.39 is 23.9 Å². The average molecular weight is 339 g/mol. The molecule has 1 atom stereocenters.